The molecule has 1 atom stereocenters. The third kappa shape index (κ3) is 6.03. The first-order valence-electron chi connectivity index (χ1n) is 7.16. The van der Waals surface area contributed by atoms with Crippen LogP contribution >= 0.6 is 0 Å². The molecule has 1 rings (SSSR count). The lowest BCUT2D eigenvalue weighted by Crippen LogP contribution is -2.19. The van der Waals surface area contributed by atoms with Crippen LogP contribution in [0.3, 0.4) is 0 Å². The average molecular weight is 265 g/mol. The van der Waals surface area contributed by atoms with Gasteiger partial charge in [-0.1, -0.05) is 13.8 Å². The van der Waals surface area contributed by atoms with Crippen LogP contribution in [-0.4, -0.2) is 31.3 Å². The molecule has 2 N–H and O–H groups in total. The lowest BCUT2D eigenvalue weighted by atomic mass is 10.2. The van der Waals surface area contributed by atoms with Crippen molar-refractivity contribution in [2.24, 2.45) is 0 Å². The average Bonchev–Trinajstić information content (AvgIpc) is 2.44. The van der Waals surface area contributed by atoms with Crippen molar-refractivity contribution >= 4 is 5.82 Å². The summed E-state index contributed by atoms with van der Waals surface area (Å²) in [6.45, 7) is 9.08. The van der Waals surface area contributed by atoms with E-state index in [4.69, 9.17) is 4.74 Å². The van der Waals surface area contributed by atoms with E-state index >= 15 is 0 Å². The van der Waals surface area contributed by atoms with E-state index in [1.165, 1.54) is 5.56 Å². The molecule has 0 bridgehead atoms. The molecule has 1 aromatic heterocycles. The summed E-state index contributed by atoms with van der Waals surface area (Å²) < 4.78 is 5.24. The van der Waals surface area contributed by atoms with Crippen molar-refractivity contribution in [1.82, 2.24) is 10.3 Å². The minimum atomic E-state index is 0.189. The zero-order valence-electron chi connectivity index (χ0n) is 12.6. The molecule has 0 aliphatic rings. The largest absolute Gasteiger partial charge is 0.380 e. The van der Waals surface area contributed by atoms with E-state index in [1.807, 2.05) is 6.92 Å². The van der Waals surface area contributed by atoms with Crippen LogP contribution in [0.4, 0.5) is 5.82 Å². The number of aryl methyl sites for hydroxylation is 1. The van der Waals surface area contributed by atoms with Gasteiger partial charge in [0.25, 0.3) is 0 Å². The van der Waals surface area contributed by atoms with Gasteiger partial charge in [-0.15, -0.1) is 0 Å². The number of nitrogens with one attached hydrogen (secondary N) is 2. The first-order valence-corrected chi connectivity index (χ1v) is 7.16. The minimum Gasteiger partial charge on any atom is -0.380 e. The van der Waals surface area contributed by atoms with Gasteiger partial charge in [-0.05, 0) is 44.0 Å². The molecule has 0 fully saturated rings. The quantitative estimate of drug-likeness (QED) is 0.674. The molecule has 1 heterocycles. The Morgan fingerprint density at radius 1 is 1.32 bits per heavy atom. The first kappa shape index (κ1) is 15.9. The van der Waals surface area contributed by atoms with Gasteiger partial charge in [0.1, 0.15) is 5.82 Å². The normalized spacial score (nSPS) is 12.4. The molecule has 0 amide bonds. The van der Waals surface area contributed by atoms with Crippen molar-refractivity contribution in [2.75, 3.05) is 25.5 Å². The van der Waals surface area contributed by atoms with Gasteiger partial charge in [0, 0.05) is 25.9 Å². The highest BCUT2D eigenvalue weighted by Gasteiger charge is 2.04. The van der Waals surface area contributed by atoms with Crippen molar-refractivity contribution in [3.63, 3.8) is 0 Å². The molecule has 0 aromatic carbocycles. The van der Waals surface area contributed by atoms with Crippen LogP contribution in [0.2, 0.25) is 0 Å². The zero-order valence-corrected chi connectivity index (χ0v) is 12.6. The summed E-state index contributed by atoms with van der Waals surface area (Å²) in [5.41, 5.74) is 2.41. The molecule has 0 aliphatic carbocycles. The maximum atomic E-state index is 5.24. The Kier molecular flexibility index (Phi) is 7.45. The Morgan fingerprint density at radius 2 is 2.11 bits per heavy atom. The number of ether oxygens (including phenoxy) is 1. The molecule has 0 spiro atoms. The summed E-state index contributed by atoms with van der Waals surface area (Å²) in [4.78, 5) is 4.59. The van der Waals surface area contributed by atoms with Crippen molar-refractivity contribution in [3.05, 3.63) is 23.4 Å². The van der Waals surface area contributed by atoms with Gasteiger partial charge in [0.2, 0.25) is 0 Å². The van der Waals surface area contributed by atoms with Crippen molar-refractivity contribution < 1.29 is 4.74 Å². The molecule has 108 valence electrons. The summed E-state index contributed by atoms with van der Waals surface area (Å²) in [5, 5.41) is 6.76. The van der Waals surface area contributed by atoms with E-state index in [0.717, 1.165) is 44.0 Å². The number of nitrogens with zero attached hydrogens (tertiary/aromatic N) is 1. The molecule has 0 aliphatic heterocycles. The fourth-order valence-electron chi connectivity index (χ4n) is 1.77. The number of aromatic nitrogens is 1. The minimum absolute atomic E-state index is 0.189. The molecule has 0 saturated heterocycles. The second-order valence-corrected chi connectivity index (χ2v) is 4.81. The molecule has 4 nitrogen and oxygen atoms in total. The van der Waals surface area contributed by atoms with E-state index in [-0.39, 0.29) is 6.10 Å². The topological polar surface area (TPSA) is 46.2 Å². The highest BCUT2D eigenvalue weighted by atomic mass is 16.5. The van der Waals surface area contributed by atoms with Crippen LogP contribution in [-0.2, 0) is 17.7 Å². The van der Waals surface area contributed by atoms with Crippen LogP contribution < -0.4 is 10.6 Å². The van der Waals surface area contributed by atoms with Gasteiger partial charge >= 0.3 is 0 Å². The van der Waals surface area contributed by atoms with Crippen LogP contribution in [0, 0.1) is 0 Å². The van der Waals surface area contributed by atoms with Gasteiger partial charge in [-0.3, -0.25) is 0 Å². The molecule has 1 unspecified atom stereocenters. The van der Waals surface area contributed by atoms with Gasteiger partial charge in [-0.2, -0.15) is 0 Å². The SMILES string of the molecule is CCCNCc1cc(CC)nc(NCC(C)OC)c1. The summed E-state index contributed by atoms with van der Waals surface area (Å²) in [6, 6.07) is 4.29. The lowest BCUT2D eigenvalue weighted by Gasteiger charge is -2.13. The highest BCUT2D eigenvalue weighted by Crippen LogP contribution is 2.11. The summed E-state index contributed by atoms with van der Waals surface area (Å²) in [6.07, 6.45) is 2.30. The maximum absolute atomic E-state index is 5.24. The van der Waals surface area contributed by atoms with Crippen LogP contribution in [0.25, 0.3) is 0 Å². The zero-order chi connectivity index (χ0) is 14.1. The van der Waals surface area contributed by atoms with E-state index in [2.05, 4.69) is 41.6 Å². The maximum Gasteiger partial charge on any atom is 0.126 e. The predicted molar refractivity (Wildman–Crippen MR) is 80.6 cm³/mol. The second-order valence-electron chi connectivity index (χ2n) is 4.81. The van der Waals surface area contributed by atoms with Crippen molar-refractivity contribution in [1.29, 1.82) is 0 Å². The van der Waals surface area contributed by atoms with Crippen molar-refractivity contribution in [3.8, 4) is 0 Å². The first-order chi connectivity index (χ1) is 9.19. The monoisotopic (exact) mass is 265 g/mol. The number of pyridine rings is 1. The van der Waals surface area contributed by atoms with E-state index in [1.54, 1.807) is 7.11 Å². The summed E-state index contributed by atoms with van der Waals surface area (Å²) in [7, 11) is 1.72. The van der Waals surface area contributed by atoms with Gasteiger partial charge in [-0.25, -0.2) is 4.98 Å². The second kappa shape index (κ2) is 8.88. The third-order valence-electron chi connectivity index (χ3n) is 3.03. The fourth-order valence-corrected chi connectivity index (χ4v) is 1.77. The highest BCUT2D eigenvalue weighted by molar-refractivity contribution is 5.40. The van der Waals surface area contributed by atoms with Gasteiger partial charge < -0.3 is 15.4 Å². The Labute approximate surface area is 117 Å². The Balaban J connectivity index is 2.65. The number of anilines is 1. The summed E-state index contributed by atoms with van der Waals surface area (Å²) >= 11 is 0. The van der Waals surface area contributed by atoms with E-state index < -0.39 is 0 Å². The molecule has 0 saturated carbocycles. The van der Waals surface area contributed by atoms with Crippen molar-refractivity contribution in [2.45, 2.75) is 46.3 Å². The molecule has 1 aromatic rings. The number of rotatable bonds is 9. The molecular weight excluding hydrogens is 238 g/mol. The van der Waals surface area contributed by atoms with E-state index in [9.17, 15) is 0 Å². The number of hydrogen-bond acceptors (Lipinski definition) is 4. The molecule has 0 radical (unpaired) electrons. The summed E-state index contributed by atoms with van der Waals surface area (Å²) in [5.74, 6) is 0.941. The fraction of sp³-hybridized carbons (Fsp3) is 0.667. The Morgan fingerprint density at radius 3 is 2.74 bits per heavy atom. The lowest BCUT2D eigenvalue weighted by molar-refractivity contribution is 0.128. The smallest absolute Gasteiger partial charge is 0.126 e. The van der Waals surface area contributed by atoms with Crippen LogP contribution in [0.1, 0.15) is 38.4 Å². The van der Waals surface area contributed by atoms with Crippen LogP contribution in [0.5, 0.6) is 0 Å². The van der Waals surface area contributed by atoms with Gasteiger partial charge in [0.15, 0.2) is 0 Å². The standard InChI is InChI=1S/C15H27N3O/c1-5-7-16-11-13-8-14(6-2)18-15(9-13)17-10-12(3)19-4/h8-9,12,16H,5-7,10-11H2,1-4H3,(H,17,18). The molecule has 19 heavy (non-hydrogen) atoms. The third-order valence-corrected chi connectivity index (χ3v) is 3.03. The number of methoxy groups -OCH3 is 1. The van der Waals surface area contributed by atoms with Gasteiger partial charge in [0.05, 0.1) is 6.10 Å². The number of hydrogen-bond donors (Lipinski definition) is 2. The molecular formula is C15H27N3O. The predicted octanol–water partition coefficient (Wildman–Crippen LogP) is 2.59. The van der Waals surface area contributed by atoms with E-state index in [0.29, 0.717) is 0 Å². The molecule has 4 heteroatoms. The van der Waals surface area contributed by atoms with Crippen LogP contribution in [0.15, 0.2) is 12.1 Å². The Bertz CT molecular complexity index is 368. The Hall–Kier alpha value is -1.13.